The van der Waals surface area contributed by atoms with E-state index >= 15 is 0 Å². The van der Waals surface area contributed by atoms with Gasteiger partial charge in [-0.3, -0.25) is 9.47 Å². The lowest BCUT2D eigenvalue weighted by atomic mass is 9.95. The van der Waals surface area contributed by atoms with Crippen molar-refractivity contribution in [2.45, 2.75) is 71.1 Å². The van der Waals surface area contributed by atoms with E-state index in [0.717, 1.165) is 5.56 Å². The first-order valence-corrected chi connectivity index (χ1v) is 13.1. The van der Waals surface area contributed by atoms with Crippen molar-refractivity contribution in [1.82, 2.24) is 24.0 Å². The minimum atomic E-state index is -2.90. The summed E-state index contributed by atoms with van der Waals surface area (Å²) >= 11 is 0. The molecule has 2 aromatic heterocycles. The molecule has 1 fully saturated rings. The molecule has 9 nitrogen and oxygen atoms in total. The lowest BCUT2D eigenvalue weighted by Gasteiger charge is -2.47. The van der Waals surface area contributed by atoms with E-state index < -0.39 is 5.92 Å². The first-order valence-electron chi connectivity index (χ1n) is 13.1. The molecular formula is C27H33F2N7O2. The predicted molar refractivity (Wildman–Crippen MR) is 140 cm³/mol. The summed E-state index contributed by atoms with van der Waals surface area (Å²) in [6, 6.07) is 7.19. The summed E-state index contributed by atoms with van der Waals surface area (Å²) in [4.78, 5) is 26.4. The van der Waals surface area contributed by atoms with Crippen LogP contribution in [-0.4, -0.2) is 55.8 Å². The summed E-state index contributed by atoms with van der Waals surface area (Å²) in [6.45, 7) is 9.97. The van der Waals surface area contributed by atoms with E-state index in [1.54, 1.807) is 19.2 Å². The molecule has 3 atom stereocenters. The number of hydrogen-bond acceptors (Lipinski definition) is 7. The molecule has 0 amide bonds. The second kappa shape index (κ2) is 9.66. The molecule has 0 aliphatic carbocycles. The lowest BCUT2D eigenvalue weighted by molar-refractivity contribution is -0.0406. The number of anilines is 1. The Labute approximate surface area is 220 Å². The monoisotopic (exact) mass is 525 g/mol. The zero-order valence-corrected chi connectivity index (χ0v) is 22.4. The van der Waals surface area contributed by atoms with Crippen molar-refractivity contribution in [3.8, 4) is 11.8 Å². The summed E-state index contributed by atoms with van der Waals surface area (Å²) in [6.07, 6.45) is -0.176. The van der Waals surface area contributed by atoms with Gasteiger partial charge >= 0.3 is 5.69 Å². The highest BCUT2D eigenvalue weighted by atomic mass is 19.3. The van der Waals surface area contributed by atoms with Crippen LogP contribution in [0.5, 0.6) is 5.75 Å². The summed E-state index contributed by atoms with van der Waals surface area (Å²) < 4.78 is 38.0. The van der Waals surface area contributed by atoms with Crippen LogP contribution < -0.4 is 15.3 Å². The number of imidazole rings is 1. The largest absolute Gasteiger partial charge is 0.493 e. The number of benzene rings is 1. The predicted octanol–water partition coefficient (Wildman–Crippen LogP) is 3.75. The van der Waals surface area contributed by atoms with Crippen LogP contribution >= 0.6 is 0 Å². The Morgan fingerprint density at radius 1 is 1.24 bits per heavy atom. The van der Waals surface area contributed by atoms with E-state index in [2.05, 4.69) is 34.7 Å². The molecule has 1 saturated heterocycles. The summed E-state index contributed by atoms with van der Waals surface area (Å²) in [5, 5.41) is 9.30. The highest BCUT2D eigenvalue weighted by Crippen LogP contribution is 2.43. The minimum Gasteiger partial charge on any atom is -0.493 e. The van der Waals surface area contributed by atoms with Crippen LogP contribution in [0.2, 0.25) is 0 Å². The summed E-state index contributed by atoms with van der Waals surface area (Å²) in [5.41, 5.74) is 1.66. The Morgan fingerprint density at radius 2 is 2.00 bits per heavy atom. The van der Waals surface area contributed by atoms with Gasteiger partial charge in [0.1, 0.15) is 22.7 Å². The second-order valence-electron chi connectivity index (χ2n) is 10.3. The van der Waals surface area contributed by atoms with Gasteiger partial charge in [-0.05, 0) is 45.4 Å². The fourth-order valence-electron chi connectivity index (χ4n) is 5.85. The number of nitrogens with zero attached hydrogens (tertiary/aromatic N) is 7. The van der Waals surface area contributed by atoms with Crippen molar-refractivity contribution < 1.29 is 13.5 Å². The third-order valence-electron chi connectivity index (χ3n) is 7.95. The Balaban J connectivity index is 1.47. The third kappa shape index (κ3) is 4.21. The smallest absolute Gasteiger partial charge is 0.350 e. The van der Waals surface area contributed by atoms with E-state index in [0.29, 0.717) is 42.4 Å². The Hall–Kier alpha value is -3.52. The second-order valence-corrected chi connectivity index (χ2v) is 10.3. The minimum absolute atomic E-state index is 0.0177. The molecule has 4 heterocycles. The molecule has 2 aliphatic rings. The zero-order valence-electron chi connectivity index (χ0n) is 22.4. The number of piperazine rings is 1. The zero-order chi connectivity index (χ0) is 27.4. The molecule has 0 spiro atoms. The van der Waals surface area contributed by atoms with Crippen molar-refractivity contribution in [2.75, 3.05) is 24.6 Å². The van der Waals surface area contributed by atoms with E-state index in [9.17, 15) is 18.8 Å². The van der Waals surface area contributed by atoms with E-state index in [1.165, 1.54) is 4.57 Å². The SMILES string of the molecule is CCn1c(CC#N)nc2c(N3C[C@@H](C)N(C(C)c4ccc5c(c4)C(F)(F)CCO5)C[C@@H]3C)nc(=O)n(C)c21. The van der Waals surface area contributed by atoms with Crippen LogP contribution in [0.4, 0.5) is 14.6 Å². The Morgan fingerprint density at radius 3 is 2.71 bits per heavy atom. The number of fused-ring (bicyclic) bond motifs is 2. The Bertz CT molecular complexity index is 1470. The molecule has 38 heavy (non-hydrogen) atoms. The Kier molecular flexibility index (Phi) is 6.63. The molecule has 11 heteroatoms. The van der Waals surface area contributed by atoms with Crippen LogP contribution in [0.25, 0.3) is 11.2 Å². The number of hydrogen-bond donors (Lipinski definition) is 0. The van der Waals surface area contributed by atoms with Gasteiger partial charge in [0.15, 0.2) is 5.82 Å². The van der Waals surface area contributed by atoms with Gasteiger partial charge in [0.25, 0.3) is 5.92 Å². The molecule has 0 bridgehead atoms. The van der Waals surface area contributed by atoms with Gasteiger partial charge < -0.3 is 14.2 Å². The molecule has 0 radical (unpaired) electrons. The van der Waals surface area contributed by atoms with Crippen molar-refractivity contribution in [2.24, 2.45) is 7.05 Å². The average Bonchev–Trinajstić information content (AvgIpc) is 3.25. The van der Waals surface area contributed by atoms with Crippen LogP contribution in [0.15, 0.2) is 23.0 Å². The quantitative estimate of drug-likeness (QED) is 0.501. The number of ether oxygens (including phenoxy) is 1. The number of aryl methyl sites for hydroxylation is 2. The molecule has 0 N–H and O–H groups in total. The molecule has 3 aromatic rings. The van der Waals surface area contributed by atoms with Crippen molar-refractivity contribution in [1.29, 1.82) is 5.26 Å². The fourth-order valence-corrected chi connectivity index (χ4v) is 5.85. The van der Waals surface area contributed by atoms with Crippen LogP contribution in [0.1, 0.15) is 57.1 Å². The first kappa shape index (κ1) is 26.1. The van der Waals surface area contributed by atoms with E-state index in [-0.39, 0.29) is 54.6 Å². The molecule has 202 valence electrons. The van der Waals surface area contributed by atoms with Crippen molar-refractivity contribution >= 4 is 17.0 Å². The maximum Gasteiger partial charge on any atom is 0.350 e. The summed E-state index contributed by atoms with van der Waals surface area (Å²) in [7, 11) is 1.67. The maximum atomic E-state index is 14.6. The van der Waals surface area contributed by atoms with Gasteiger partial charge in [0, 0.05) is 44.8 Å². The van der Waals surface area contributed by atoms with Crippen LogP contribution in [0, 0.1) is 11.3 Å². The number of halogens is 2. The number of alkyl halides is 2. The molecule has 2 aliphatic heterocycles. The third-order valence-corrected chi connectivity index (χ3v) is 7.95. The van der Waals surface area contributed by atoms with Gasteiger partial charge in [0.2, 0.25) is 0 Å². The molecule has 5 rings (SSSR count). The number of rotatable bonds is 5. The topological polar surface area (TPSA) is 92.2 Å². The number of nitriles is 1. The fraction of sp³-hybridized carbons (Fsp3) is 0.556. The van der Waals surface area contributed by atoms with Gasteiger partial charge in [0.05, 0.1) is 31.1 Å². The standard InChI is InChI=1S/C27H33F2N7O2/c1-6-34-22(9-11-30)31-23-24(32-26(37)33(5)25(23)34)36-15-16(2)35(14-17(36)3)18(4)19-7-8-21-20(13-19)27(28,29)10-12-38-21/h7-8,13,16-18H,6,9-10,12,14-15H2,1-5H3/t16-,17+,18?/m1/s1. The van der Waals surface area contributed by atoms with Crippen LogP contribution in [-0.2, 0) is 25.9 Å². The number of aromatic nitrogens is 4. The maximum absolute atomic E-state index is 14.6. The van der Waals surface area contributed by atoms with Gasteiger partial charge in [-0.1, -0.05) is 6.07 Å². The van der Waals surface area contributed by atoms with Crippen LogP contribution in [0.3, 0.4) is 0 Å². The molecule has 1 aromatic carbocycles. The van der Waals surface area contributed by atoms with Gasteiger partial charge in [-0.25, -0.2) is 18.6 Å². The average molecular weight is 526 g/mol. The molecular weight excluding hydrogens is 492 g/mol. The molecule has 0 saturated carbocycles. The highest BCUT2D eigenvalue weighted by Gasteiger charge is 2.40. The highest BCUT2D eigenvalue weighted by molar-refractivity contribution is 5.84. The van der Waals surface area contributed by atoms with Gasteiger partial charge in [-0.2, -0.15) is 10.2 Å². The lowest BCUT2D eigenvalue weighted by Crippen LogP contribution is -2.57. The van der Waals surface area contributed by atoms with E-state index in [4.69, 9.17) is 9.72 Å². The van der Waals surface area contributed by atoms with Crippen molar-refractivity contribution in [3.05, 3.63) is 45.6 Å². The van der Waals surface area contributed by atoms with E-state index in [1.807, 2.05) is 24.5 Å². The normalized spacial score (nSPS) is 22.1. The van der Waals surface area contributed by atoms with Crippen molar-refractivity contribution in [3.63, 3.8) is 0 Å². The van der Waals surface area contributed by atoms with Gasteiger partial charge in [-0.15, -0.1) is 0 Å². The summed E-state index contributed by atoms with van der Waals surface area (Å²) in [5.74, 6) is -1.52. The molecule has 1 unspecified atom stereocenters. The first-order chi connectivity index (χ1) is 18.1.